The summed E-state index contributed by atoms with van der Waals surface area (Å²) in [5, 5.41) is 3.16. The van der Waals surface area contributed by atoms with Crippen LogP contribution in [0.3, 0.4) is 0 Å². The zero-order valence-corrected chi connectivity index (χ0v) is 20.8. The van der Waals surface area contributed by atoms with Gasteiger partial charge in [-0.15, -0.1) is 24.0 Å². The third kappa shape index (κ3) is 7.29. The number of furan rings is 1. The van der Waals surface area contributed by atoms with Gasteiger partial charge in [0, 0.05) is 19.2 Å². The van der Waals surface area contributed by atoms with Crippen molar-refractivity contribution in [3.05, 3.63) is 41.9 Å². The fraction of sp³-hybridized carbons (Fsp3) is 0.500. The maximum Gasteiger partial charge on any atom is 0.193 e. The fourth-order valence-corrected chi connectivity index (χ4v) is 3.41. The zero-order valence-electron chi connectivity index (χ0n) is 18.4. The van der Waals surface area contributed by atoms with E-state index in [1.54, 1.807) is 0 Å². The number of aliphatic imine (C=N–C) groups is 1. The molecule has 3 N–H and O–H groups in total. The van der Waals surface area contributed by atoms with E-state index in [1.807, 2.05) is 51.1 Å². The molecule has 0 radical (unpaired) electrons. The average molecular weight is 544 g/mol. The van der Waals surface area contributed by atoms with Gasteiger partial charge in [0.15, 0.2) is 5.96 Å². The molecule has 0 spiro atoms. The lowest BCUT2D eigenvalue weighted by molar-refractivity contribution is 0.0135. The Hall–Kier alpha value is -1.98. The normalized spacial score (nSPS) is 15.8. The van der Waals surface area contributed by atoms with Crippen LogP contribution < -0.4 is 20.5 Å². The molecule has 1 aliphatic heterocycles. The Bertz CT molecular complexity index is 837. The summed E-state index contributed by atoms with van der Waals surface area (Å²) < 4.78 is 22.7. The van der Waals surface area contributed by atoms with Crippen molar-refractivity contribution >= 4 is 35.6 Å². The Morgan fingerprint density at radius 1 is 1.16 bits per heavy atom. The van der Waals surface area contributed by atoms with Crippen molar-refractivity contribution in [2.24, 2.45) is 10.7 Å². The first-order valence-electron chi connectivity index (χ1n) is 10.5. The molecule has 0 amide bonds. The first-order valence-corrected chi connectivity index (χ1v) is 10.5. The van der Waals surface area contributed by atoms with Crippen LogP contribution >= 0.6 is 24.0 Å². The van der Waals surface area contributed by atoms with Gasteiger partial charge in [-0.25, -0.2) is 0 Å². The van der Waals surface area contributed by atoms with Gasteiger partial charge in [0.1, 0.15) is 23.0 Å². The number of morpholine rings is 1. The van der Waals surface area contributed by atoms with Crippen LogP contribution in [0.4, 0.5) is 5.69 Å². The van der Waals surface area contributed by atoms with E-state index in [2.05, 4.69) is 15.2 Å². The standard InChI is InChI=1S/C22H32N4O4.HI/c1-4-28-17-7-9-20(29-5-2)18(14-17)25-22(23)24-15-19(21-8-6-16(3)30-21)26-10-12-27-13-11-26;/h6-9,14,19H,4-5,10-13,15H2,1-3H3,(H3,23,24,25);1H. The summed E-state index contributed by atoms with van der Waals surface area (Å²) in [5.41, 5.74) is 6.95. The molecule has 2 heterocycles. The van der Waals surface area contributed by atoms with E-state index in [0.717, 1.165) is 36.0 Å². The van der Waals surface area contributed by atoms with E-state index >= 15 is 0 Å². The molecule has 0 bridgehead atoms. The Balaban J connectivity index is 0.00000341. The molecule has 8 nitrogen and oxygen atoms in total. The number of hydrogen-bond donors (Lipinski definition) is 2. The minimum atomic E-state index is 0. The van der Waals surface area contributed by atoms with E-state index in [9.17, 15) is 0 Å². The molecule has 1 fully saturated rings. The lowest BCUT2D eigenvalue weighted by atomic mass is 10.1. The first kappa shape index (κ1) is 25.3. The van der Waals surface area contributed by atoms with Crippen molar-refractivity contribution < 1.29 is 18.6 Å². The molecule has 1 aliphatic rings. The van der Waals surface area contributed by atoms with Crippen LogP contribution in [-0.4, -0.2) is 56.9 Å². The second-order valence-electron chi connectivity index (χ2n) is 6.99. The van der Waals surface area contributed by atoms with Gasteiger partial charge in [-0.1, -0.05) is 0 Å². The van der Waals surface area contributed by atoms with Gasteiger partial charge in [0.25, 0.3) is 0 Å². The predicted octanol–water partition coefficient (Wildman–Crippen LogP) is 3.80. The van der Waals surface area contributed by atoms with Crippen molar-refractivity contribution in [3.63, 3.8) is 0 Å². The van der Waals surface area contributed by atoms with Crippen molar-refractivity contribution in [2.45, 2.75) is 26.8 Å². The summed E-state index contributed by atoms with van der Waals surface area (Å²) in [6.07, 6.45) is 0. The highest BCUT2D eigenvalue weighted by Gasteiger charge is 2.25. The molecule has 9 heteroatoms. The molecule has 172 valence electrons. The van der Waals surface area contributed by atoms with Crippen LogP contribution in [-0.2, 0) is 4.74 Å². The lowest BCUT2D eigenvalue weighted by Gasteiger charge is -2.32. The highest BCUT2D eigenvalue weighted by Crippen LogP contribution is 2.29. The largest absolute Gasteiger partial charge is 0.494 e. The molecule has 31 heavy (non-hydrogen) atoms. The Kier molecular flexibility index (Phi) is 10.4. The SMILES string of the molecule is CCOc1ccc(OCC)c(NC(N)=NCC(c2ccc(C)o2)N2CCOCC2)c1.I. The average Bonchev–Trinajstić information content (AvgIpc) is 3.17. The van der Waals surface area contributed by atoms with Crippen molar-refractivity contribution in [1.82, 2.24) is 4.90 Å². The second-order valence-corrected chi connectivity index (χ2v) is 6.99. The highest BCUT2D eigenvalue weighted by atomic mass is 127. The number of rotatable bonds is 9. The monoisotopic (exact) mass is 544 g/mol. The van der Waals surface area contributed by atoms with E-state index in [0.29, 0.717) is 44.7 Å². The second kappa shape index (κ2) is 12.8. The number of halogens is 1. The van der Waals surface area contributed by atoms with Crippen LogP contribution in [0.5, 0.6) is 11.5 Å². The van der Waals surface area contributed by atoms with Crippen molar-refractivity contribution in [2.75, 3.05) is 51.4 Å². The summed E-state index contributed by atoms with van der Waals surface area (Å²) in [4.78, 5) is 6.92. The minimum absolute atomic E-state index is 0. The molecule has 3 rings (SSSR count). The maximum absolute atomic E-state index is 6.22. The van der Waals surface area contributed by atoms with Crippen LogP contribution in [0.25, 0.3) is 0 Å². The topological polar surface area (TPSA) is 94.5 Å². The molecule has 0 saturated carbocycles. The molecule has 1 saturated heterocycles. The molecular formula is C22H33IN4O4. The smallest absolute Gasteiger partial charge is 0.193 e. The number of nitrogens with one attached hydrogen (secondary N) is 1. The number of aryl methyl sites for hydroxylation is 1. The molecule has 1 unspecified atom stereocenters. The van der Waals surface area contributed by atoms with Gasteiger partial charge < -0.3 is 29.7 Å². The van der Waals surface area contributed by atoms with Gasteiger partial charge in [0.2, 0.25) is 0 Å². The summed E-state index contributed by atoms with van der Waals surface area (Å²) in [7, 11) is 0. The molecule has 1 aromatic carbocycles. The summed E-state index contributed by atoms with van der Waals surface area (Å²) in [6, 6.07) is 9.60. The van der Waals surface area contributed by atoms with Gasteiger partial charge >= 0.3 is 0 Å². The van der Waals surface area contributed by atoms with Gasteiger partial charge in [-0.2, -0.15) is 0 Å². The summed E-state index contributed by atoms with van der Waals surface area (Å²) in [6.45, 7) is 10.5. The van der Waals surface area contributed by atoms with Crippen LogP contribution in [0.15, 0.2) is 39.7 Å². The van der Waals surface area contributed by atoms with Crippen molar-refractivity contribution in [1.29, 1.82) is 0 Å². The fourth-order valence-electron chi connectivity index (χ4n) is 3.41. The number of guanidine groups is 1. The molecule has 1 aromatic heterocycles. The number of benzene rings is 1. The van der Waals surface area contributed by atoms with E-state index in [-0.39, 0.29) is 30.0 Å². The Morgan fingerprint density at radius 2 is 1.90 bits per heavy atom. The van der Waals surface area contributed by atoms with Crippen LogP contribution in [0.2, 0.25) is 0 Å². The van der Waals surface area contributed by atoms with E-state index < -0.39 is 0 Å². The number of ether oxygens (including phenoxy) is 3. The summed E-state index contributed by atoms with van der Waals surface area (Å²) >= 11 is 0. The minimum Gasteiger partial charge on any atom is -0.494 e. The molecular weight excluding hydrogens is 511 g/mol. The quantitative estimate of drug-likeness (QED) is 0.282. The van der Waals surface area contributed by atoms with Gasteiger partial charge in [0.05, 0.1) is 44.7 Å². The molecule has 1 atom stereocenters. The van der Waals surface area contributed by atoms with Crippen molar-refractivity contribution in [3.8, 4) is 11.5 Å². The maximum atomic E-state index is 6.22. The molecule has 0 aliphatic carbocycles. The third-order valence-corrected chi connectivity index (χ3v) is 4.84. The number of nitrogens with zero attached hydrogens (tertiary/aromatic N) is 2. The first-order chi connectivity index (χ1) is 14.6. The van der Waals surface area contributed by atoms with E-state index in [4.69, 9.17) is 24.4 Å². The van der Waals surface area contributed by atoms with E-state index in [1.165, 1.54) is 0 Å². The highest BCUT2D eigenvalue weighted by molar-refractivity contribution is 14.0. The number of anilines is 1. The van der Waals surface area contributed by atoms with Crippen LogP contribution in [0.1, 0.15) is 31.4 Å². The number of hydrogen-bond acceptors (Lipinski definition) is 6. The van der Waals surface area contributed by atoms with Gasteiger partial charge in [-0.3, -0.25) is 9.89 Å². The number of nitrogens with two attached hydrogens (primary N) is 1. The predicted molar refractivity (Wildman–Crippen MR) is 133 cm³/mol. The molecule has 2 aromatic rings. The van der Waals surface area contributed by atoms with Gasteiger partial charge in [-0.05, 0) is 45.0 Å². The summed E-state index contributed by atoms with van der Waals surface area (Å²) in [5.74, 6) is 3.52. The zero-order chi connectivity index (χ0) is 21.3. The Labute approximate surface area is 201 Å². The lowest BCUT2D eigenvalue weighted by Crippen LogP contribution is -2.40. The Morgan fingerprint density at radius 3 is 2.55 bits per heavy atom. The van der Waals surface area contributed by atoms with Crippen LogP contribution in [0, 0.1) is 6.92 Å². The third-order valence-electron chi connectivity index (χ3n) is 4.84.